The second kappa shape index (κ2) is 4.84. The fraction of sp³-hybridized carbons (Fsp3) is 0.500. The molecule has 2 aromatic heterocycles. The third-order valence-corrected chi connectivity index (χ3v) is 4.65. The van der Waals surface area contributed by atoms with Gasteiger partial charge in [0.2, 0.25) is 0 Å². The maximum Gasteiger partial charge on any atom is 0.271 e. The predicted octanol–water partition coefficient (Wildman–Crippen LogP) is 1.47. The van der Waals surface area contributed by atoms with Crippen molar-refractivity contribution in [1.82, 2.24) is 19.6 Å². The van der Waals surface area contributed by atoms with Crippen molar-refractivity contribution in [2.24, 2.45) is 5.92 Å². The van der Waals surface area contributed by atoms with E-state index < -0.39 is 0 Å². The van der Waals surface area contributed by atoms with Crippen LogP contribution in [0.25, 0.3) is 5.52 Å². The molecule has 0 spiro atoms. The van der Waals surface area contributed by atoms with Crippen molar-refractivity contribution in [3.63, 3.8) is 0 Å². The molecule has 2 aliphatic rings. The Labute approximate surface area is 124 Å². The number of amides is 1. The van der Waals surface area contributed by atoms with Gasteiger partial charge in [-0.25, -0.2) is 4.98 Å². The van der Waals surface area contributed by atoms with Crippen LogP contribution >= 0.6 is 0 Å². The van der Waals surface area contributed by atoms with Crippen LogP contribution in [0.3, 0.4) is 0 Å². The molecule has 5 nitrogen and oxygen atoms in total. The predicted molar refractivity (Wildman–Crippen MR) is 80.3 cm³/mol. The monoisotopic (exact) mass is 284 g/mol. The lowest BCUT2D eigenvalue weighted by atomic mass is 9.97. The molecule has 3 atom stereocenters. The third kappa shape index (κ3) is 2.42. The van der Waals surface area contributed by atoms with Gasteiger partial charge in [-0.15, -0.1) is 0 Å². The first-order chi connectivity index (χ1) is 10.2. The summed E-state index contributed by atoms with van der Waals surface area (Å²) < 4.78 is 1.96. The molecule has 0 saturated carbocycles. The zero-order chi connectivity index (χ0) is 14.4. The Bertz CT molecular complexity index is 681. The first-order valence-corrected chi connectivity index (χ1v) is 7.65. The number of piperidine rings is 1. The SMILES string of the molecule is Cc1cc2cnc(C(=O)N[C@@H]3CC4CCN(C4)C3)cn2c1. The fourth-order valence-electron chi connectivity index (χ4n) is 3.70. The number of hydrogen-bond acceptors (Lipinski definition) is 3. The second-order valence-corrected chi connectivity index (χ2v) is 6.44. The minimum atomic E-state index is -0.0595. The highest BCUT2D eigenvalue weighted by Gasteiger charge is 2.33. The van der Waals surface area contributed by atoms with Crippen molar-refractivity contribution in [3.8, 4) is 0 Å². The van der Waals surface area contributed by atoms with E-state index in [0.717, 1.165) is 24.4 Å². The van der Waals surface area contributed by atoms with Crippen molar-refractivity contribution in [1.29, 1.82) is 0 Å². The van der Waals surface area contributed by atoms with Crippen molar-refractivity contribution < 1.29 is 4.79 Å². The summed E-state index contributed by atoms with van der Waals surface area (Å²) in [7, 11) is 0. The molecule has 4 heterocycles. The number of carbonyl (C=O) groups is 1. The van der Waals surface area contributed by atoms with Crippen molar-refractivity contribution in [2.45, 2.75) is 25.8 Å². The van der Waals surface area contributed by atoms with Gasteiger partial charge >= 0.3 is 0 Å². The van der Waals surface area contributed by atoms with Gasteiger partial charge in [0.25, 0.3) is 5.91 Å². The number of hydrogen-bond donors (Lipinski definition) is 1. The van der Waals surface area contributed by atoms with Crippen LogP contribution in [0.2, 0.25) is 0 Å². The molecule has 0 aliphatic carbocycles. The Kier molecular flexibility index (Phi) is 2.96. The van der Waals surface area contributed by atoms with Crippen molar-refractivity contribution >= 4 is 11.4 Å². The molecule has 2 fully saturated rings. The molecule has 2 aliphatic heterocycles. The Morgan fingerprint density at radius 1 is 1.38 bits per heavy atom. The van der Waals surface area contributed by atoms with Crippen LogP contribution in [0, 0.1) is 12.8 Å². The Morgan fingerprint density at radius 2 is 2.29 bits per heavy atom. The average Bonchev–Trinajstić information content (AvgIpc) is 2.99. The van der Waals surface area contributed by atoms with Gasteiger partial charge in [0.15, 0.2) is 0 Å². The van der Waals surface area contributed by atoms with Crippen molar-refractivity contribution in [3.05, 3.63) is 35.9 Å². The van der Waals surface area contributed by atoms with E-state index in [1.807, 2.05) is 23.7 Å². The highest BCUT2D eigenvalue weighted by molar-refractivity contribution is 5.92. The van der Waals surface area contributed by atoms with Gasteiger partial charge in [0.05, 0.1) is 11.7 Å². The summed E-state index contributed by atoms with van der Waals surface area (Å²) in [6, 6.07) is 2.32. The van der Waals surface area contributed by atoms with E-state index in [2.05, 4.69) is 21.3 Å². The number of nitrogens with zero attached hydrogens (tertiary/aromatic N) is 3. The summed E-state index contributed by atoms with van der Waals surface area (Å²) in [4.78, 5) is 19.1. The van der Waals surface area contributed by atoms with Crippen LogP contribution in [-0.2, 0) is 0 Å². The molecule has 0 aromatic carbocycles. The Balaban J connectivity index is 1.50. The highest BCUT2D eigenvalue weighted by atomic mass is 16.2. The van der Waals surface area contributed by atoms with Crippen LogP contribution in [0.5, 0.6) is 0 Å². The van der Waals surface area contributed by atoms with Crippen LogP contribution in [0.15, 0.2) is 24.7 Å². The van der Waals surface area contributed by atoms with Gasteiger partial charge in [0.1, 0.15) is 5.69 Å². The van der Waals surface area contributed by atoms with Gasteiger partial charge < -0.3 is 14.6 Å². The summed E-state index contributed by atoms with van der Waals surface area (Å²) in [5, 5.41) is 3.15. The molecule has 1 N–H and O–H groups in total. The van der Waals surface area contributed by atoms with E-state index in [4.69, 9.17) is 0 Å². The Morgan fingerprint density at radius 3 is 3.14 bits per heavy atom. The van der Waals surface area contributed by atoms with Crippen LogP contribution in [-0.4, -0.2) is 45.9 Å². The van der Waals surface area contributed by atoms with Crippen molar-refractivity contribution in [2.75, 3.05) is 19.6 Å². The summed E-state index contributed by atoms with van der Waals surface area (Å²) in [5.74, 6) is 0.697. The van der Waals surface area contributed by atoms with E-state index in [-0.39, 0.29) is 11.9 Å². The van der Waals surface area contributed by atoms with E-state index in [1.54, 1.807) is 6.20 Å². The molecule has 21 heavy (non-hydrogen) atoms. The van der Waals surface area contributed by atoms with Crippen LogP contribution in [0.4, 0.5) is 0 Å². The third-order valence-electron chi connectivity index (χ3n) is 4.65. The lowest BCUT2D eigenvalue weighted by Crippen LogP contribution is -2.47. The Hall–Kier alpha value is -1.88. The summed E-state index contributed by atoms with van der Waals surface area (Å²) >= 11 is 0. The number of carbonyl (C=O) groups excluding carboxylic acids is 1. The minimum absolute atomic E-state index is 0.0595. The molecule has 1 amide bonds. The molecule has 2 unspecified atom stereocenters. The van der Waals surface area contributed by atoms with E-state index in [0.29, 0.717) is 5.69 Å². The molecule has 2 bridgehead atoms. The van der Waals surface area contributed by atoms with Crippen LogP contribution < -0.4 is 5.32 Å². The normalized spacial score (nSPS) is 28.0. The maximum absolute atomic E-state index is 12.4. The minimum Gasteiger partial charge on any atom is -0.347 e. The molecule has 2 aromatic rings. The highest BCUT2D eigenvalue weighted by Crippen LogP contribution is 2.26. The molecule has 0 radical (unpaired) electrons. The number of aryl methyl sites for hydroxylation is 1. The van der Waals surface area contributed by atoms with Crippen LogP contribution in [0.1, 0.15) is 28.9 Å². The summed E-state index contributed by atoms with van der Waals surface area (Å²) in [5.41, 5.74) is 2.68. The molecular weight excluding hydrogens is 264 g/mol. The van der Waals surface area contributed by atoms with Gasteiger partial charge in [-0.3, -0.25) is 4.79 Å². The number of aromatic nitrogens is 2. The first-order valence-electron chi connectivity index (χ1n) is 7.65. The van der Waals surface area contributed by atoms with E-state index in [1.165, 1.54) is 25.1 Å². The number of fused-ring (bicyclic) bond motifs is 3. The van der Waals surface area contributed by atoms with E-state index in [9.17, 15) is 4.79 Å². The fourth-order valence-corrected chi connectivity index (χ4v) is 3.70. The number of rotatable bonds is 2. The van der Waals surface area contributed by atoms with Gasteiger partial charge in [-0.1, -0.05) is 0 Å². The molecule has 4 rings (SSSR count). The smallest absolute Gasteiger partial charge is 0.271 e. The summed E-state index contributed by atoms with van der Waals surface area (Å²) in [6.07, 6.45) is 7.97. The molecule has 110 valence electrons. The average molecular weight is 284 g/mol. The summed E-state index contributed by atoms with van der Waals surface area (Å²) in [6.45, 7) is 5.41. The first kappa shape index (κ1) is 12.8. The maximum atomic E-state index is 12.4. The largest absolute Gasteiger partial charge is 0.347 e. The topological polar surface area (TPSA) is 49.6 Å². The quantitative estimate of drug-likeness (QED) is 0.908. The molecular formula is C16H20N4O. The van der Waals surface area contributed by atoms with Gasteiger partial charge in [0, 0.05) is 31.5 Å². The molecule has 2 saturated heterocycles. The molecule has 5 heteroatoms. The number of nitrogens with one attached hydrogen (secondary N) is 1. The lowest BCUT2D eigenvalue weighted by Gasteiger charge is -2.30. The zero-order valence-electron chi connectivity index (χ0n) is 12.2. The lowest BCUT2D eigenvalue weighted by molar-refractivity contribution is 0.0904. The van der Waals surface area contributed by atoms with E-state index >= 15 is 0 Å². The zero-order valence-corrected chi connectivity index (χ0v) is 12.2. The standard InChI is InChI=1S/C16H20N4O/c1-11-4-14-6-17-15(10-20(14)7-11)16(21)18-13-5-12-2-3-19(8-12)9-13/h4,6-7,10,12-13H,2-3,5,8-9H2,1H3,(H,18,21)/t12?,13-/m1/s1. The van der Waals surface area contributed by atoms with Gasteiger partial charge in [-0.2, -0.15) is 0 Å². The van der Waals surface area contributed by atoms with Gasteiger partial charge in [-0.05, 0) is 43.9 Å². The second-order valence-electron chi connectivity index (χ2n) is 6.44.